The Labute approximate surface area is 224 Å². The van der Waals surface area contributed by atoms with E-state index in [0.717, 1.165) is 68.1 Å². The number of carbonyl (C=O) groups is 1. The predicted octanol–water partition coefficient (Wildman–Crippen LogP) is 7.04. The monoisotopic (exact) mass is 501 g/mol. The Morgan fingerprint density at radius 2 is 1.73 bits per heavy atom. The number of aromatic amines is 1. The summed E-state index contributed by atoms with van der Waals surface area (Å²) in [5, 5.41) is 5.19. The third-order valence-electron chi connectivity index (χ3n) is 9.38. The zero-order valence-corrected chi connectivity index (χ0v) is 23.3. The summed E-state index contributed by atoms with van der Waals surface area (Å²) < 4.78 is 0. The summed E-state index contributed by atoms with van der Waals surface area (Å²) in [5.74, 6) is 4.02. The summed E-state index contributed by atoms with van der Waals surface area (Å²) in [5.41, 5.74) is 5.14. The molecule has 4 heteroatoms. The largest absolute Gasteiger partial charge is 0.361 e. The highest BCUT2D eigenvalue weighted by Gasteiger charge is 2.47. The highest BCUT2D eigenvalue weighted by molar-refractivity contribution is 5.84. The van der Waals surface area contributed by atoms with E-state index in [0.29, 0.717) is 12.5 Å². The second-order valence-electron chi connectivity index (χ2n) is 12.5. The van der Waals surface area contributed by atoms with Crippen molar-refractivity contribution in [2.24, 2.45) is 23.7 Å². The summed E-state index contributed by atoms with van der Waals surface area (Å²) in [6.07, 6.45) is 17.4. The number of aromatic nitrogens is 1. The van der Waals surface area contributed by atoms with Crippen LogP contribution >= 0.6 is 0 Å². The molecule has 1 aromatic heterocycles. The lowest BCUT2D eigenvalue weighted by atomic mass is 9.54. The first-order valence-corrected chi connectivity index (χ1v) is 14.8. The maximum Gasteiger partial charge on any atom is 0.223 e. The van der Waals surface area contributed by atoms with E-state index in [1.807, 2.05) is 0 Å². The number of aryl methyl sites for hydroxylation is 1. The van der Waals surface area contributed by atoms with Gasteiger partial charge in [-0.25, -0.2) is 0 Å². The number of nitrogens with one attached hydrogen (secondary N) is 2. The van der Waals surface area contributed by atoms with Crippen LogP contribution in [-0.4, -0.2) is 41.5 Å². The number of hydrogen-bond acceptors (Lipinski definition) is 2. The van der Waals surface area contributed by atoms with E-state index in [1.54, 1.807) is 0 Å². The zero-order chi connectivity index (χ0) is 25.8. The zero-order valence-electron chi connectivity index (χ0n) is 23.3. The Bertz CT molecular complexity index is 1090. The number of allylic oxidation sites excluding steroid dienone is 3. The van der Waals surface area contributed by atoms with Crippen LogP contribution in [0.4, 0.5) is 0 Å². The maximum atomic E-state index is 13.5. The van der Waals surface area contributed by atoms with Gasteiger partial charge in [0.2, 0.25) is 5.91 Å². The lowest BCUT2D eigenvalue weighted by Gasteiger charge is -2.54. The molecule has 200 valence electrons. The Morgan fingerprint density at radius 1 is 1.00 bits per heavy atom. The van der Waals surface area contributed by atoms with Crippen LogP contribution in [0.1, 0.15) is 77.7 Å². The van der Waals surface area contributed by atoms with Crippen LogP contribution in [0.2, 0.25) is 0 Å². The van der Waals surface area contributed by atoms with Crippen LogP contribution in [0.25, 0.3) is 10.9 Å². The molecule has 0 aliphatic heterocycles. The van der Waals surface area contributed by atoms with Gasteiger partial charge in [-0.3, -0.25) is 4.79 Å². The van der Waals surface area contributed by atoms with E-state index in [-0.39, 0.29) is 5.91 Å². The first-order chi connectivity index (χ1) is 18.0. The highest BCUT2D eigenvalue weighted by atomic mass is 16.2. The van der Waals surface area contributed by atoms with E-state index in [2.05, 4.69) is 78.6 Å². The molecule has 1 heterocycles. The summed E-state index contributed by atoms with van der Waals surface area (Å²) in [7, 11) is 0. The molecule has 0 spiro atoms. The molecule has 37 heavy (non-hydrogen) atoms. The molecule has 4 fully saturated rings. The highest BCUT2D eigenvalue weighted by Crippen LogP contribution is 2.53. The number of fused-ring (bicyclic) bond motifs is 1. The van der Waals surface area contributed by atoms with Gasteiger partial charge in [0.05, 0.1) is 0 Å². The van der Waals surface area contributed by atoms with E-state index in [9.17, 15) is 4.79 Å². The van der Waals surface area contributed by atoms with Crippen molar-refractivity contribution in [1.82, 2.24) is 15.2 Å². The summed E-state index contributed by atoms with van der Waals surface area (Å²) >= 11 is 0. The number of amides is 1. The fourth-order valence-electron chi connectivity index (χ4n) is 7.64. The first kappa shape index (κ1) is 26.3. The molecule has 4 bridgehead atoms. The number of H-pyrrole nitrogens is 1. The fraction of sp³-hybridized carbons (Fsp3) is 0.606. The smallest absolute Gasteiger partial charge is 0.223 e. The normalized spacial score (nSPS) is 26.6. The van der Waals surface area contributed by atoms with Crippen LogP contribution in [0, 0.1) is 23.7 Å². The van der Waals surface area contributed by atoms with Gasteiger partial charge in [0.25, 0.3) is 0 Å². The molecule has 4 nitrogen and oxygen atoms in total. The predicted molar refractivity (Wildman–Crippen MR) is 154 cm³/mol. The van der Waals surface area contributed by atoms with Crippen molar-refractivity contribution in [3.63, 3.8) is 0 Å². The molecular weight excluding hydrogens is 454 g/mol. The van der Waals surface area contributed by atoms with Gasteiger partial charge in [-0.05, 0) is 107 Å². The van der Waals surface area contributed by atoms with Crippen molar-refractivity contribution in [2.75, 3.05) is 19.6 Å². The molecular formula is C33H47N3O. The molecule has 1 aromatic carbocycles. The molecule has 0 radical (unpaired) electrons. The van der Waals surface area contributed by atoms with Crippen LogP contribution < -0.4 is 5.32 Å². The number of benzene rings is 1. The second-order valence-corrected chi connectivity index (χ2v) is 12.5. The van der Waals surface area contributed by atoms with Gasteiger partial charge in [-0.1, -0.05) is 41.5 Å². The maximum absolute atomic E-state index is 13.5. The average molecular weight is 502 g/mol. The molecule has 0 unspecified atom stereocenters. The third kappa shape index (κ3) is 6.57. The Kier molecular flexibility index (Phi) is 8.54. The summed E-state index contributed by atoms with van der Waals surface area (Å²) in [6.45, 7) is 8.95. The summed E-state index contributed by atoms with van der Waals surface area (Å²) in [4.78, 5) is 18.9. The van der Waals surface area contributed by atoms with Crippen molar-refractivity contribution in [1.29, 1.82) is 0 Å². The number of hydrogen-bond donors (Lipinski definition) is 2. The molecule has 2 aromatic rings. The molecule has 4 saturated carbocycles. The minimum atomic E-state index is 0.269. The van der Waals surface area contributed by atoms with E-state index in [1.165, 1.54) is 54.2 Å². The van der Waals surface area contributed by atoms with Crippen LogP contribution in [0.3, 0.4) is 0 Å². The number of para-hydroxylation sites is 1. The second kappa shape index (κ2) is 12.0. The first-order valence-electron chi connectivity index (χ1n) is 14.8. The number of carbonyl (C=O) groups excluding carboxylic acids is 1. The van der Waals surface area contributed by atoms with Crippen LogP contribution in [0.5, 0.6) is 0 Å². The van der Waals surface area contributed by atoms with Gasteiger partial charge in [0, 0.05) is 49.2 Å². The van der Waals surface area contributed by atoms with E-state index in [4.69, 9.17) is 0 Å². The third-order valence-corrected chi connectivity index (χ3v) is 9.38. The molecule has 0 atom stereocenters. The van der Waals surface area contributed by atoms with E-state index >= 15 is 0 Å². The molecule has 4 aliphatic carbocycles. The lowest BCUT2D eigenvalue weighted by Crippen LogP contribution is -2.55. The molecule has 2 N–H and O–H groups in total. The molecule has 1 amide bonds. The van der Waals surface area contributed by atoms with Gasteiger partial charge >= 0.3 is 0 Å². The van der Waals surface area contributed by atoms with Gasteiger partial charge in [-0.15, -0.1) is 0 Å². The standard InChI is InChI=1S/C33H47N3O/c1-23(2)7-6-8-24(3)13-15-36(32(37)12-11-27-22-35-31-10-5-4-9-30(27)31)16-14-34-33-28-18-25-17-26(20-28)21-29(33)19-25/h4-5,7,9-10,13,22,25-26,28-29,33-35H,6,8,11-12,14-21H2,1-3H3/b24-13+. The topological polar surface area (TPSA) is 48.1 Å². The molecule has 6 rings (SSSR count). The van der Waals surface area contributed by atoms with Crippen molar-refractivity contribution >= 4 is 16.8 Å². The van der Waals surface area contributed by atoms with Crippen LogP contribution in [0.15, 0.2) is 53.8 Å². The number of nitrogens with zero attached hydrogens (tertiary/aromatic N) is 1. The Balaban J connectivity index is 1.18. The number of rotatable bonds is 12. The fourth-order valence-corrected chi connectivity index (χ4v) is 7.64. The van der Waals surface area contributed by atoms with Crippen molar-refractivity contribution in [3.8, 4) is 0 Å². The summed E-state index contributed by atoms with van der Waals surface area (Å²) in [6, 6.07) is 9.06. The lowest BCUT2D eigenvalue weighted by molar-refractivity contribution is -0.130. The van der Waals surface area contributed by atoms with E-state index < -0.39 is 0 Å². The minimum absolute atomic E-state index is 0.269. The van der Waals surface area contributed by atoms with Crippen LogP contribution in [-0.2, 0) is 11.2 Å². The van der Waals surface area contributed by atoms with Crippen molar-refractivity contribution in [2.45, 2.75) is 84.6 Å². The van der Waals surface area contributed by atoms with Gasteiger partial charge in [-0.2, -0.15) is 0 Å². The SMILES string of the molecule is CC(C)=CCC/C(C)=C/CN(CCNC1C2CC3CC(C2)CC1C3)C(=O)CCc1c[nH]c2ccccc12. The van der Waals surface area contributed by atoms with Gasteiger partial charge in [0.15, 0.2) is 0 Å². The van der Waals surface area contributed by atoms with Gasteiger partial charge < -0.3 is 15.2 Å². The Morgan fingerprint density at radius 3 is 2.46 bits per heavy atom. The minimum Gasteiger partial charge on any atom is -0.361 e. The van der Waals surface area contributed by atoms with Crippen molar-refractivity contribution < 1.29 is 4.79 Å². The molecule has 4 aliphatic rings. The average Bonchev–Trinajstić information content (AvgIpc) is 3.28. The Hall–Kier alpha value is -2.33. The van der Waals surface area contributed by atoms with Gasteiger partial charge in [0.1, 0.15) is 0 Å². The molecule has 0 saturated heterocycles. The van der Waals surface area contributed by atoms with Crippen molar-refractivity contribution in [3.05, 3.63) is 59.3 Å². The quantitative estimate of drug-likeness (QED) is 0.307.